The Labute approximate surface area is 152 Å². The van der Waals surface area contributed by atoms with Crippen LogP contribution < -0.4 is 4.72 Å². The van der Waals surface area contributed by atoms with Crippen LogP contribution in [-0.4, -0.2) is 27.9 Å². The van der Waals surface area contributed by atoms with E-state index in [4.69, 9.17) is 9.47 Å². The van der Waals surface area contributed by atoms with E-state index in [1.54, 1.807) is 6.08 Å². The Hall–Kier alpha value is -1.60. The fourth-order valence-corrected chi connectivity index (χ4v) is 3.09. The van der Waals surface area contributed by atoms with Gasteiger partial charge in [-0.05, 0) is 38.3 Å². The molecule has 0 amide bonds. The number of nitrogens with one attached hydrogen (secondary N) is 1. The van der Waals surface area contributed by atoms with Crippen LogP contribution in [0.2, 0.25) is 0 Å². The van der Waals surface area contributed by atoms with Crippen molar-refractivity contribution in [3.8, 4) is 0 Å². The molecule has 2 atom stereocenters. The Morgan fingerprint density at radius 1 is 1.44 bits per heavy atom. The molecule has 5 nitrogen and oxygen atoms in total. The van der Waals surface area contributed by atoms with Gasteiger partial charge in [0.25, 0.3) is 0 Å². The lowest BCUT2D eigenvalue weighted by molar-refractivity contribution is -0.139. The lowest BCUT2D eigenvalue weighted by atomic mass is 10.00. The molecule has 0 aliphatic carbocycles. The minimum absolute atomic E-state index is 0.330. The molecule has 6 heteroatoms. The van der Waals surface area contributed by atoms with Gasteiger partial charge in [0, 0.05) is 16.9 Å². The van der Waals surface area contributed by atoms with E-state index in [-0.39, 0.29) is 0 Å². The predicted molar refractivity (Wildman–Crippen MR) is 99.8 cm³/mol. The molecular formula is C19H25NO4S. The maximum Gasteiger partial charge on any atom is 0.332 e. The molecule has 1 aliphatic rings. The first-order valence-electron chi connectivity index (χ1n) is 8.17. The Balaban J connectivity index is 2.08. The van der Waals surface area contributed by atoms with Crippen LogP contribution in [0.1, 0.15) is 38.3 Å². The minimum Gasteiger partial charge on any atom is -0.598 e. The van der Waals surface area contributed by atoms with Gasteiger partial charge in [-0.3, -0.25) is 0 Å². The first kappa shape index (κ1) is 19.7. The summed E-state index contributed by atoms with van der Waals surface area (Å²) in [7, 11) is 0. The summed E-state index contributed by atoms with van der Waals surface area (Å²) < 4.78 is 25.5. The number of ether oxygens (including phenoxy) is 2. The topological polar surface area (TPSA) is 70.6 Å². The van der Waals surface area contributed by atoms with Crippen LogP contribution in [0.25, 0.3) is 5.57 Å². The second-order valence-corrected chi connectivity index (χ2v) is 8.80. The molecule has 2 rings (SSSR count). The van der Waals surface area contributed by atoms with Crippen molar-refractivity contribution in [3.63, 3.8) is 0 Å². The van der Waals surface area contributed by atoms with Gasteiger partial charge in [0.2, 0.25) is 0 Å². The van der Waals surface area contributed by atoms with Gasteiger partial charge in [-0.25, -0.2) is 4.79 Å². The zero-order valence-electron chi connectivity index (χ0n) is 14.9. The lowest BCUT2D eigenvalue weighted by Gasteiger charge is -2.26. The second-order valence-electron chi connectivity index (χ2n) is 6.81. The van der Waals surface area contributed by atoms with Gasteiger partial charge in [0.15, 0.2) is 6.04 Å². The van der Waals surface area contributed by atoms with Crippen LogP contribution in [0, 0.1) is 0 Å². The van der Waals surface area contributed by atoms with E-state index in [1.807, 2.05) is 45.0 Å². The molecule has 0 radical (unpaired) electrons. The summed E-state index contributed by atoms with van der Waals surface area (Å²) in [6.07, 6.45) is 3.36. The van der Waals surface area contributed by atoms with Crippen LogP contribution in [-0.2, 0) is 32.2 Å². The van der Waals surface area contributed by atoms with Crippen molar-refractivity contribution in [1.82, 2.24) is 4.72 Å². The van der Waals surface area contributed by atoms with Crippen LogP contribution in [0.3, 0.4) is 0 Å². The maximum atomic E-state index is 12.4. The highest BCUT2D eigenvalue weighted by atomic mass is 32.2. The van der Waals surface area contributed by atoms with Crippen LogP contribution in [0.4, 0.5) is 0 Å². The van der Waals surface area contributed by atoms with Crippen molar-refractivity contribution in [2.45, 2.75) is 44.6 Å². The predicted octanol–water partition coefficient (Wildman–Crippen LogP) is 3.10. The molecule has 0 saturated heterocycles. The monoisotopic (exact) mass is 363 g/mol. The smallest absolute Gasteiger partial charge is 0.332 e. The summed E-state index contributed by atoms with van der Waals surface area (Å²) in [4.78, 5) is 12.4. The number of hydrogen-bond donors (Lipinski definition) is 1. The molecule has 1 aromatic rings. The van der Waals surface area contributed by atoms with E-state index < -0.39 is 28.1 Å². The zero-order valence-corrected chi connectivity index (χ0v) is 15.7. The summed E-state index contributed by atoms with van der Waals surface area (Å²) in [5.74, 6) is -0.493. The number of esters is 1. The third-order valence-corrected chi connectivity index (χ3v) is 5.30. The number of rotatable bonds is 6. The van der Waals surface area contributed by atoms with E-state index in [0.29, 0.717) is 19.6 Å². The highest BCUT2D eigenvalue weighted by Gasteiger charge is 2.32. The second kappa shape index (κ2) is 8.67. The van der Waals surface area contributed by atoms with Crippen molar-refractivity contribution >= 4 is 22.9 Å². The molecule has 1 heterocycles. The zero-order chi connectivity index (χ0) is 18.4. The van der Waals surface area contributed by atoms with Gasteiger partial charge in [-0.15, -0.1) is 11.3 Å². The average Bonchev–Trinajstić information content (AvgIpc) is 2.58. The standard InChI is InChI=1S/C19H25NO4S/c1-5-8-17(20-25(22)19(2,3)4)18(21)24-13-15-12-23-11-14-9-6-7-10-16(14)15/h5-7,9-10,13,17,20H,1,8,11-12H2,2-4H3/b15-13-/t17-,25?/m1/s1. The molecule has 1 aromatic carbocycles. The summed E-state index contributed by atoms with van der Waals surface area (Å²) in [5.41, 5.74) is 2.89. The molecule has 136 valence electrons. The van der Waals surface area contributed by atoms with Crippen LogP contribution >= 0.6 is 0 Å². The normalized spacial score (nSPS) is 18.3. The van der Waals surface area contributed by atoms with E-state index >= 15 is 0 Å². The average molecular weight is 363 g/mol. The molecule has 0 saturated carbocycles. The number of benzene rings is 1. The van der Waals surface area contributed by atoms with Gasteiger partial charge >= 0.3 is 5.97 Å². The molecule has 25 heavy (non-hydrogen) atoms. The summed E-state index contributed by atoms with van der Waals surface area (Å²) in [5, 5.41) is 0. The fraction of sp³-hybridized carbons (Fsp3) is 0.421. The van der Waals surface area contributed by atoms with Crippen LogP contribution in [0.5, 0.6) is 0 Å². The van der Waals surface area contributed by atoms with Gasteiger partial charge in [0.1, 0.15) is 11.0 Å². The highest BCUT2D eigenvalue weighted by Crippen LogP contribution is 2.25. The molecule has 0 aromatic heterocycles. The molecule has 1 aliphatic heterocycles. The number of fused-ring (bicyclic) bond motifs is 1. The molecule has 0 bridgehead atoms. The molecule has 0 spiro atoms. The first-order valence-corrected chi connectivity index (χ1v) is 9.32. The molecule has 1 N–H and O–H groups in total. The van der Waals surface area contributed by atoms with Gasteiger partial charge < -0.3 is 14.0 Å². The third kappa shape index (κ3) is 5.44. The van der Waals surface area contributed by atoms with Crippen molar-refractivity contribution in [2.75, 3.05) is 6.61 Å². The van der Waals surface area contributed by atoms with Crippen molar-refractivity contribution < 1.29 is 18.8 Å². The van der Waals surface area contributed by atoms with Crippen molar-refractivity contribution in [1.29, 1.82) is 0 Å². The molecule has 0 fully saturated rings. The Morgan fingerprint density at radius 3 is 2.84 bits per heavy atom. The highest BCUT2D eigenvalue weighted by molar-refractivity contribution is 7.90. The van der Waals surface area contributed by atoms with E-state index in [0.717, 1.165) is 16.7 Å². The molecule has 1 unspecified atom stereocenters. The third-order valence-electron chi connectivity index (χ3n) is 3.69. The lowest BCUT2D eigenvalue weighted by Crippen LogP contribution is -2.48. The van der Waals surface area contributed by atoms with Gasteiger partial charge in [0.05, 0.1) is 13.2 Å². The van der Waals surface area contributed by atoms with E-state index in [2.05, 4.69) is 11.3 Å². The summed E-state index contributed by atoms with van der Waals surface area (Å²) in [6, 6.07) is 7.14. The van der Waals surface area contributed by atoms with Gasteiger partial charge in [-0.2, -0.15) is 0 Å². The number of carbonyl (C=O) groups excluding carboxylic acids is 1. The van der Waals surface area contributed by atoms with E-state index in [9.17, 15) is 9.35 Å². The minimum atomic E-state index is -1.38. The van der Waals surface area contributed by atoms with Gasteiger partial charge in [-0.1, -0.05) is 30.3 Å². The van der Waals surface area contributed by atoms with Crippen molar-refractivity contribution in [3.05, 3.63) is 54.3 Å². The summed E-state index contributed by atoms with van der Waals surface area (Å²) in [6.45, 7) is 10.1. The molecular weight excluding hydrogens is 338 g/mol. The van der Waals surface area contributed by atoms with E-state index in [1.165, 1.54) is 6.26 Å². The van der Waals surface area contributed by atoms with Crippen molar-refractivity contribution in [2.24, 2.45) is 0 Å². The number of carbonyl (C=O) groups is 1. The Bertz CT molecular complexity index is 651. The number of hydrogen-bond acceptors (Lipinski definition) is 5. The Morgan fingerprint density at radius 2 is 2.16 bits per heavy atom. The SMILES string of the molecule is C=CC[C@@H](N[S+]([O-])C(C)(C)C)C(=O)O/C=C1/COCc2ccccc21. The fourth-order valence-electron chi connectivity index (χ4n) is 2.28. The summed E-state index contributed by atoms with van der Waals surface area (Å²) >= 11 is -1.38. The first-order chi connectivity index (χ1) is 11.8. The quantitative estimate of drug-likeness (QED) is 0.364. The maximum absolute atomic E-state index is 12.4. The Kier molecular flexibility index (Phi) is 6.84. The largest absolute Gasteiger partial charge is 0.598 e. The van der Waals surface area contributed by atoms with Crippen LogP contribution in [0.15, 0.2) is 43.2 Å².